The first-order valence-electron chi connectivity index (χ1n) is 0.447. The van der Waals surface area contributed by atoms with Crippen LogP contribution in [0.25, 0.3) is 0 Å². The minimum Gasteiger partial charge on any atom is -0.400 e. The van der Waals surface area contributed by atoms with Crippen molar-refractivity contribution >= 4 is 0 Å². The fourth-order valence-corrected chi connectivity index (χ4v) is 0. The Labute approximate surface area is 41.3 Å². The van der Waals surface area contributed by atoms with E-state index in [1.807, 2.05) is 0 Å². The molecule has 4 heavy (non-hydrogen) atoms. The van der Waals surface area contributed by atoms with E-state index in [0.717, 1.165) is 7.11 Å². The average molecular weight is 243 g/mol. The van der Waals surface area contributed by atoms with E-state index < -0.39 is 0 Å². The van der Waals surface area contributed by atoms with Gasteiger partial charge >= 0.3 is 0 Å². The van der Waals surface area contributed by atoms with Gasteiger partial charge in [0.05, 0.1) is 0 Å². The third kappa shape index (κ3) is 17.1. The van der Waals surface area contributed by atoms with Crippen LogP contribution in [0.2, 0.25) is 0 Å². The molecule has 0 atom stereocenters. The molecular weight excluding hydrogens is 235 g/mol. The van der Waals surface area contributed by atoms with Crippen LogP contribution < -0.4 is 0 Å². The second-order valence-corrected chi connectivity index (χ2v) is 0. The van der Waals surface area contributed by atoms with Gasteiger partial charge in [0.25, 0.3) is 0 Å². The SMILES string of the molecule is C.CO.[Pt]. The summed E-state index contributed by atoms with van der Waals surface area (Å²) in [5.41, 5.74) is 0. The fourth-order valence-electron chi connectivity index (χ4n) is 0. The third-order valence-electron chi connectivity index (χ3n) is 0. The van der Waals surface area contributed by atoms with Crippen molar-refractivity contribution in [3.05, 3.63) is 0 Å². The molecule has 0 rings (SSSR count). The Morgan fingerprint density at radius 2 is 1.25 bits per heavy atom. The molecule has 1 nitrogen and oxygen atoms in total. The largest absolute Gasteiger partial charge is 0.400 e. The average Bonchev–Trinajstić information content (AvgIpc) is 1.00. The monoisotopic (exact) mass is 243 g/mol. The van der Waals surface area contributed by atoms with Crippen LogP contribution in [0.5, 0.6) is 0 Å². The van der Waals surface area contributed by atoms with Gasteiger partial charge < -0.3 is 5.11 Å². The van der Waals surface area contributed by atoms with Crippen LogP contribution in [0, 0.1) is 0 Å². The molecule has 0 aliphatic carbocycles. The topological polar surface area (TPSA) is 20.2 Å². The Hall–Kier alpha value is 0.648. The first-order valence-corrected chi connectivity index (χ1v) is 0.447. The van der Waals surface area contributed by atoms with Crippen molar-refractivity contribution in [1.82, 2.24) is 0 Å². The first kappa shape index (κ1) is 22.8. The van der Waals surface area contributed by atoms with Crippen molar-refractivity contribution in [2.24, 2.45) is 0 Å². The van der Waals surface area contributed by atoms with Gasteiger partial charge in [0.15, 0.2) is 0 Å². The summed E-state index contributed by atoms with van der Waals surface area (Å²) in [6.07, 6.45) is 0. The summed E-state index contributed by atoms with van der Waals surface area (Å²) in [5.74, 6) is 0. The molecule has 0 unspecified atom stereocenters. The van der Waals surface area contributed by atoms with Crippen LogP contribution in [0.1, 0.15) is 7.43 Å². The van der Waals surface area contributed by atoms with E-state index in [2.05, 4.69) is 0 Å². The summed E-state index contributed by atoms with van der Waals surface area (Å²) in [6, 6.07) is 0. The van der Waals surface area contributed by atoms with E-state index in [9.17, 15) is 0 Å². The van der Waals surface area contributed by atoms with Crippen molar-refractivity contribution in [1.29, 1.82) is 0 Å². The predicted octanol–water partition coefficient (Wildman–Crippen LogP) is 0.242. The Bertz CT molecular complexity index is 6.00. The molecule has 0 heterocycles. The van der Waals surface area contributed by atoms with Crippen LogP contribution in [0.4, 0.5) is 0 Å². The van der Waals surface area contributed by atoms with Gasteiger partial charge in [0.1, 0.15) is 0 Å². The summed E-state index contributed by atoms with van der Waals surface area (Å²) in [7, 11) is 1.00. The van der Waals surface area contributed by atoms with Crippen LogP contribution in [-0.4, -0.2) is 12.2 Å². The van der Waals surface area contributed by atoms with Crippen molar-refractivity contribution in [2.45, 2.75) is 7.43 Å². The number of hydrogen-bond acceptors (Lipinski definition) is 1. The van der Waals surface area contributed by atoms with Crippen molar-refractivity contribution in [3.8, 4) is 0 Å². The van der Waals surface area contributed by atoms with Gasteiger partial charge in [-0.1, -0.05) is 7.43 Å². The molecular formula is C2H8OPt. The zero-order valence-corrected chi connectivity index (χ0v) is 4.04. The Morgan fingerprint density at radius 3 is 1.25 bits per heavy atom. The normalized spacial score (nSPS) is 1.50. The van der Waals surface area contributed by atoms with Gasteiger partial charge in [-0.25, -0.2) is 0 Å². The van der Waals surface area contributed by atoms with Crippen LogP contribution >= 0.6 is 0 Å². The van der Waals surface area contributed by atoms with Crippen LogP contribution in [0.15, 0.2) is 0 Å². The predicted molar refractivity (Wildman–Crippen MR) is 14.9 cm³/mol. The van der Waals surface area contributed by atoms with Crippen LogP contribution in [0.3, 0.4) is 0 Å². The van der Waals surface area contributed by atoms with E-state index in [4.69, 9.17) is 5.11 Å². The second kappa shape index (κ2) is 60.9. The summed E-state index contributed by atoms with van der Waals surface area (Å²) in [4.78, 5) is 0. The molecule has 0 aliphatic heterocycles. The van der Waals surface area contributed by atoms with Gasteiger partial charge in [-0.2, -0.15) is 0 Å². The van der Waals surface area contributed by atoms with Crippen LogP contribution in [-0.2, 0) is 21.1 Å². The van der Waals surface area contributed by atoms with E-state index in [1.54, 1.807) is 0 Å². The maximum Gasteiger partial charge on any atom is 0.0319 e. The number of hydrogen-bond donors (Lipinski definition) is 1. The molecule has 0 aromatic rings. The molecule has 0 aliphatic rings. The Morgan fingerprint density at radius 1 is 1.25 bits per heavy atom. The summed E-state index contributed by atoms with van der Waals surface area (Å²) in [5, 5.41) is 7.00. The molecule has 1 N–H and O–H groups in total. The van der Waals surface area contributed by atoms with Gasteiger partial charge in [-0.3, -0.25) is 0 Å². The molecule has 0 amide bonds. The number of aliphatic hydroxyl groups is 1. The smallest absolute Gasteiger partial charge is 0.0319 e. The Balaban J connectivity index is -0.00000000500. The first-order chi connectivity index (χ1) is 1.00. The molecule has 0 fully saturated rings. The van der Waals surface area contributed by atoms with Crippen molar-refractivity contribution in [2.75, 3.05) is 7.11 Å². The Kier molecular flexibility index (Phi) is 347. The molecule has 0 aromatic heterocycles. The minimum atomic E-state index is 0. The van der Waals surface area contributed by atoms with Gasteiger partial charge in [0.2, 0.25) is 0 Å². The fraction of sp³-hybridized carbons (Fsp3) is 1.00. The quantitative estimate of drug-likeness (QED) is 0.646. The van der Waals surface area contributed by atoms with Gasteiger partial charge in [0, 0.05) is 28.2 Å². The summed E-state index contributed by atoms with van der Waals surface area (Å²) >= 11 is 0. The number of aliphatic hydroxyl groups excluding tert-OH is 1. The maximum absolute atomic E-state index is 7.00. The zero-order valence-electron chi connectivity index (χ0n) is 1.76. The standard InChI is InChI=1S/CH4O.CH4.Pt/c1-2;;/h2H,1H3;1H4;. The van der Waals surface area contributed by atoms with Gasteiger partial charge in [-0.15, -0.1) is 0 Å². The second-order valence-electron chi connectivity index (χ2n) is 0. The molecule has 0 saturated heterocycles. The molecule has 0 saturated carbocycles. The van der Waals surface area contributed by atoms with E-state index in [-0.39, 0.29) is 28.5 Å². The van der Waals surface area contributed by atoms with Crippen molar-refractivity contribution in [3.63, 3.8) is 0 Å². The molecule has 0 bridgehead atoms. The molecule has 32 valence electrons. The van der Waals surface area contributed by atoms with E-state index in [1.165, 1.54) is 0 Å². The van der Waals surface area contributed by atoms with Crippen molar-refractivity contribution < 1.29 is 26.2 Å². The van der Waals surface area contributed by atoms with E-state index in [0.29, 0.717) is 0 Å². The van der Waals surface area contributed by atoms with E-state index >= 15 is 0 Å². The summed E-state index contributed by atoms with van der Waals surface area (Å²) in [6.45, 7) is 0. The van der Waals surface area contributed by atoms with Gasteiger partial charge in [-0.05, 0) is 0 Å². The zero-order chi connectivity index (χ0) is 2.00. The molecule has 2 heteroatoms. The molecule has 0 spiro atoms. The number of rotatable bonds is 0. The minimum absolute atomic E-state index is 0. The summed E-state index contributed by atoms with van der Waals surface area (Å²) < 4.78 is 0. The molecule has 0 aromatic carbocycles. The third-order valence-corrected chi connectivity index (χ3v) is 0. The maximum atomic E-state index is 7.00. The molecule has 0 radical (unpaired) electrons.